The number of nitrogens with one attached hydrogen (secondary N) is 1. The van der Waals surface area contributed by atoms with Crippen LogP contribution in [-0.4, -0.2) is 37.2 Å². The Morgan fingerprint density at radius 2 is 2.04 bits per heavy atom. The van der Waals surface area contributed by atoms with Gasteiger partial charge in [-0.2, -0.15) is 0 Å². The van der Waals surface area contributed by atoms with Crippen LogP contribution in [0.4, 0.5) is 15.8 Å². The summed E-state index contributed by atoms with van der Waals surface area (Å²) in [4.78, 5) is 20.5. The van der Waals surface area contributed by atoms with Gasteiger partial charge in [-0.05, 0) is 37.3 Å². The first-order valence-corrected chi connectivity index (χ1v) is 10.7. The van der Waals surface area contributed by atoms with E-state index < -0.39 is 0 Å². The van der Waals surface area contributed by atoms with Gasteiger partial charge in [-0.1, -0.05) is 11.6 Å². The van der Waals surface area contributed by atoms with Gasteiger partial charge in [-0.25, -0.2) is 9.37 Å². The van der Waals surface area contributed by atoms with Crippen LogP contribution in [0.5, 0.6) is 0 Å². The first kappa shape index (κ1) is 19.3. The normalized spacial score (nSPS) is 14.3. The Morgan fingerprint density at radius 1 is 1.25 bits per heavy atom. The third-order valence-electron chi connectivity index (χ3n) is 4.34. The molecule has 5 nitrogen and oxygen atoms in total. The summed E-state index contributed by atoms with van der Waals surface area (Å²) in [5, 5.41) is 3.51. The fraction of sp³-hybridized carbons (Fsp3) is 0.263. The minimum Gasteiger partial charge on any atom is -0.378 e. The van der Waals surface area contributed by atoms with E-state index in [1.54, 1.807) is 25.1 Å². The lowest BCUT2D eigenvalue weighted by Crippen LogP contribution is -2.36. The standard InChI is InChI=1S/C19H17ClFN3O2S2/c1-11-17(28-19(22-11)15-4-5-16(20)27-15)18(25)23-12-2-3-14(13(21)10-12)24-6-8-26-9-7-24/h2-5,10H,6-9H2,1H3,(H,23,25). The van der Waals surface area contributed by atoms with Crippen LogP contribution in [0.2, 0.25) is 4.34 Å². The number of halogens is 2. The zero-order chi connectivity index (χ0) is 19.7. The van der Waals surface area contributed by atoms with Crippen molar-refractivity contribution in [3.63, 3.8) is 0 Å². The fourth-order valence-electron chi connectivity index (χ4n) is 2.97. The molecule has 0 unspecified atom stereocenters. The summed E-state index contributed by atoms with van der Waals surface area (Å²) in [6.07, 6.45) is 0. The molecule has 3 heterocycles. The van der Waals surface area contributed by atoms with Crippen molar-refractivity contribution in [2.45, 2.75) is 6.92 Å². The lowest BCUT2D eigenvalue weighted by molar-refractivity contribution is 0.103. The third-order valence-corrected chi connectivity index (χ3v) is 6.90. The van der Waals surface area contributed by atoms with Gasteiger partial charge in [0.25, 0.3) is 5.91 Å². The van der Waals surface area contributed by atoms with Crippen LogP contribution in [0.1, 0.15) is 15.4 Å². The number of nitrogens with zero attached hydrogens (tertiary/aromatic N) is 2. The van der Waals surface area contributed by atoms with E-state index >= 15 is 0 Å². The number of thiazole rings is 1. The summed E-state index contributed by atoms with van der Waals surface area (Å²) in [6, 6.07) is 8.43. The Bertz CT molecular complexity index is 1010. The zero-order valence-corrected chi connectivity index (χ0v) is 17.4. The van der Waals surface area contributed by atoms with E-state index in [1.807, 2.05) is 11.0 Å². The van der Waals surface area contributed by atoms with Crippen LogP contribution in [0.3, 0.4) is 0 Å². The molecule has 0 bridgehead atoms. The monoisotopic (exact) mass is 437 g/mol. The van der Waals surface area contributed by atoms with Gasteiger partial charge in [-0.15, -0.1) is 22.7 Å². The lowest BCUT2D eigenvalue weighted by Gasteiger charge is -2.29. The summed E-state index contributed by atoms with van der Waals surface area (Å²) in [6.45, 7) is 4.25. The largest absolute Gasteiger partial charge is 0.378 e. The molecule has 3 aromatic rings. The second kappa shape index (κ2) is 8.16. The molecule has 0 radical (unpaired) electrons. The predicted octanol–water partition coefficient (Wildman–Crippen LogP) is 5.06. The minimum absolute atomic E-state index is 0.303. The Kier molecular flexibility index (Phi) is 5.63. The van der Waals surface area contributed by atoms with Gasteiger partial charge in [0.2, 0.25) is 0 Å². The Hall–Kier alpha value is -2.00. The summed E-state index contributed by atoms with van der Waals surface area (Å²) in [5.74, 6) is -0.669. The number of carbonyl (C=O) groups excluding carboxylic acids is 1. The molecule has 1 fully saturated rings. The highest BCUT2D eigenvalue weighted by Gasteiger charge is 2.19. The molecular formula is C19H17ClFN3O2S2. The molecule has 1 amide bonds. The SMILES string of the molecule is Cc1nc(-c2ccc(Cl)s2)sc1C(=O)Nc1ccc(N2CCOCC2)c(F)c1. The zero-order valence-electron chi connectivity index (χ0n) is 15.0. The number of anilines is 2. The topological polar surface area (TPSA) is 54.5 Å². The lowest BCUT2D eigenvalue weighted by atomic mass is 10.2. The molecule has 9 heteroatoms. The summed E-state index contributed by atoms with van der Waals surface area (Å²) in [7, 11) is 0. The molecule has 0 spiro atoms. The molecule has 0 atom stereocenters. The van der Waals surface area contributed by atoms with Crippen LogP contribution in [0, 0.1) is 12.7 Å². The average Bonchev–Trinajstić information content (AvgIpc) is 3.28. The van der Waals surface area contributed by atoms with Crippen molar-refractivity contribution in [3.05, 3.63) is 51.1 Å². The number of ether oxygens (including phenoxy) is 1. The van der Waals surface area contributed by atoms with E-state index in [-0.39, 0.29) is 11.7 Å². The van der Waals surface area contributed by atoms with Crippen LogP contribution < -0.4 is 10.2 Å². The van der Waals surface area contributed by atoms with E-state index in [1.165, 1.54) is 28.7 Å². The van der Waals surface area contributed by atoms with E-state index in [0.717, 1.165) is 9.88 Å². The van der Waals surface area contributed by atoms with Crippen molar-refractivity contribution in [2.75, 3.05) is 36.5 Å². The molecule has 1 aliphatic rings. The fourth-order valence-corrected chi connectivity index (χ4v) is 5.03. The van der Waals surface area contributed by atoms with Crippen molar-refractivity contribution in [1.82, 2.24) is 4.98 Å². The molecule has 146 valence electrons. The molecule has 1 saturated heterocycles. The number of hydrogen-bond donors (Lipinski definition) is 1. The predicted molar refractivity (Wildman–Crippen MR) is 113 cm³/mol. The van der Waals surface area contributed by atoms with Gasteiger partial charge in [0, 0.05) is 18.8 Å². The van der Waals surface area contributed by atoms with E-state index in [0.29, 0.717) is 52.6 Å². The molecule has 28 heavy (non-hydrogen) atoms. The molecule has 1 aromatic carbocycles. The van der Waals surface area contributed by atoms with Gasteiger partial charge in [0.15, 0.2) is 0 Å². The maximum absolute atomic E-state index is 14.5. The van der Waals surface area contributed by atoms with Crippen LogP contribution in [-0.2, 0) is 4.74 Å². The minimum atomic E-state index is -0.366. The average molecular weight is 438 g/mol. The van der Waals surface area contributed by atoms with Crippen molar-refractivity contribution < 1.29 is 13.9 Å². The van der Waals surface area contributed by atoms with E-state index in [9.17, 15) is 9.18 Å². The maximum atomic E-state index is 14.5. The van der Waals surface area contributed by atoms with Gasteiger partial charge < -0.3 is 15.0 Å². The number of benzene rings is 1. The molecule has 1 aliphatic heterocycles. The molecule has 2 aromatic heterocycles. The van der Waals surface area contributed by atoms with Gasteiger partial charge in [-0.3, -0.25) is 4.79 Å². The third kappa shape index (κ3) is 4.05. The van der Waals surface area contributed by atoms with E-state index in [4.69, 9.17) is 16.3 Å². The molecule has 4 rings (SSSR count). The highest BCUT2D eigenvalue weighted by Crippen LogP contribution is 2.35. The van der Waals surface area contributed by atoms with Gasteiger partial charge in [0.1, 0.15) is 15.7 Å². The first-order valence-electron chi connectivity index (χ1n) is 8.68. The smallest absolute Gasteiger partial charge is 0.267 e. The van der Waals surface area contributed by atoms with Gasteiger partial charge in [0.05, 0.1) is 33.8 Å². The number of rotatable bonds is 4. The second-order valence-electron chi connectivity index (χ2n) is 6.26. The highest BCUT2D eigenvalue weighted by molar-refractivity contribution is 7.24. The summed E-state index contributed by atoms with van der Waals surface area (Å²) >= 11 is 8.69. The van der Waals surface area contributed by atoms with Crippen LogP contribution >= 0.6 is 34.3 Å². The molecule has 0 aliphatic carbocycles. The van der Waals surface area contributed by atoms with Crippen LogP contribution in [0.15, 0.2) is 30.3 Å². The Balaban J connectivity index is 1.50. The summed E-state index contributed by atoms with van der Waals surface area (Å²) in [5.41, 5.74) is 1.56. The molecule has 0 saturated carbocycles. The number of aryl methyl sites for hydroxylation is 1. The van der Waals surface area contributed by atoms with Crippen LogP contribution in [0.25, 0.3) is 9.88 Å². The molecule has 1 N–H and O–H groups in total. The van der Waals surface area contributed by atoms with E-state index in [2.05, 4.69) is 10.3 Å². The first-order chi connectivity index (χ1) is 13.5. The Morgan fingerprint density at radius 3 is 2.71 bits per heavy atom. The maximum Gasteiger partial charge on any atom is 0.267 e. The number of carbonyl (C=O) groups is 1. The van der Waals surface area contributed by atoms with Gasteiger partial charge >= 0.3 is 0 Å². The number of aromatic nitrogens is 1. The number of thiophene rings is 1. The van der Waals surface area contributed by atoms with Crippen molar-refractivity contribution in [2.24, 2.45) is 0 Å². The second-order valence-corrected chi connectivity index (χ2v) is 8.97. The number of amides is 1. The van der Waals surface area contributed by atoms with Crippen molar-refractivity contribution >= 4 is 51.6 Å². The Labute approximate surface area is 174 Å². The summed E-state index contributed by atoms with van der Waals surface area (Å²) < 4.78 is 20.5. The van der Waals surface area contributed by atoms with Crippen molar-refractivity contribution in [1.29, 1.82) is 0 Å². The number of hydrogen-bond acceptors (Lipinski definition) is 6. The quantitative estimate of drug-likeness (QED) is 0.619. The molecular weight excluding hydrogens is 421 g/mol. The number of morpholine rings is 1. The van der Waals surface area contributed by atoms with Crippen molar-refractivity contribution in [3.8, 4) is 9.88 Å². The highest BCUT2D eigenvalue weighted by atomic mass is 35.5.